The average molecular weight is 204 g/mol. The lowest BCUT2D eigenvalue weighted by molar-refractivity contribution is -0.115. The van der Waals surface area contributed by atoms with E-state index in [9.17, 15) is 14.7 Å². The van der Waals surface area contributed by atoms with Gasteiger partial charge < -0.3 is 24.2 Å². The average Bonchev–Trinajstić information content (AvgIpc) is 2.15. The summed E-state index contributed by atoms with van der Waals surface area (Å²) >= 11 is 0. The van der Waals surface area contributed by atoms with Gasteiger partial charge in [0.2, 0.25) is 0 Å². The molecule has 0 spiro atoms. The molecule has 82 valence electrons. The molecule has 0 aliphatic heterocycles. The summed E-state index contributed by atoms with van der Waals surface area (Å²) in [6.07, 6.45) is 0.558. The van der Waals surface area contributed by atoms with Gasteiger partial charge in [0, 0.05) is 20.0 Å². The Balaban J connectivity index is 3.67. The van der Waals surface area contributed by atoms with Crippen LogP contribution in [0.4, 0.5) is 0 Å². The van der Waals surface area contributed by atoms with Crippen LogP contribution >= 0.6 is 0 Å². The molecule has 0 aromatic heterocycles. The van der Waals surface area contributed by atoms with E-state index in [2.05, 4.69) is 4.74 Å². The molecular weight excluding hydrogens is 188 g/mol. The minimum Gasteiger partial charge on any atom is -0.388 e. The summed E-state index contributed by atoms with van der Waals surface area (Å²) in [5.74, 6) is 0. The third kappa shape index (κ3) is 6.71. The van der Waals surface area contributed by atoms with Crippen molar-refractivity contribution in [2.45, 2.75) is 25.0 Å². The highest BCUT2D eigenvalue weighted by Gasteiger charge is 2.11. The molecule has 0 bridgehead atoms. The van der Waals surface area contributed by atoms with E-state index in [1.807, 2.05) is 0 Å². The van der Waals surface area contributed by atoms with Crippen molar-refractivity contribution in [2.75, 3.05) is 20.3 Å². The predicted octanol–water partition coefficient (Wildman–Crippen LogP) is -0.443. The number of aliphatic hydroxyl groups excluding tert-OH is 1. The van der Waals surface area contributed by atoms with Crippen molar-refractivity contribution < 1.29 is 24.2 Å². The van der Waals surface area contributed by atoms with Gasteiger partial charge >= 0.3 is 0 Å². The lowest BCUT2D eigenvalue weighted by Crippen LogP contribution is -2.25. The van der Waals surface area contributed by atoms with Crippen LogP contribution < -0.4 is 0 Å². The Hall–Kier alpha value is -0.780. The van der Waals surface area contributed by atoms with E-state index < -0.39 is 12.2 Å². The molecule has 0 fully saturated rings. The van der Waals surface area contributed by atoms with Crippen molar-refractivity contribution in [3.05, 3.63) is 0 Å². The van der Waals surface area contributed by atoms with Gasteiger partial charge in [-0.25, -0.2) is 0 Å². The summed E-state index contributed by atoms with van der Waals surface area (Å²) in [4.78, 5) is 20.4. The minimum atomic E-state index is -0.721. The Bertz CT molecular complexity index is 149. The largest absolute Gasteiger partial charge is 0.388 e. The molecular formula is C9H16O5. The van der Waals surface area contributed by atoms with Crippen LogP contribution in [0.5, 0.6) is 0 Å². The third-order valence-corrected chi connectivity index (χ3v) is 1.60. The number of methoxy groups -OCH3 is 1. The number of ether oxygens (including phenoxy) is 2. The van der Waals surface area contributed by atoms with E-state index in [4.69, 9.17) is 4.74 Å². The summed E-state index contributed by atoms with van der Waals surface area (Å²) in [6.45, 7) is 0.245. The molecule has 1 N–H and O–H groups in total. The van der Waals surface area contributed by atoms with Gasteiger partial charge in [-0.05, 0) is 0 Å². The number of aliphatic hydroxyl groups is 1. The van der Waals surface area contributed by atoms with Gasteiger partial charge in [-0.2, -0.15) is 0 Å². The molecule has 5 heteroatoms. The van der Waals surface area contributed by atoms with E-state index in [0.29, 0.717) is 12.6 Å². The van der Waals surface area contributed by atoms with Gasteiger partial charge in [0.1, 0.15) is 18.7 Å². The van der Waals surface area contributed by atoms with E-state index in [-0.39, 0.29) is 26.1 Å². The van der Waals surface area contributed by atoms with Crippen LogP contribution in [-0.2, 0) is 19.1 Å². The molecule has 0 aliphatic rings. The Morgan fingerprint density at radius 3 is 2.21 bits per heavy atom. The SMILES string of the molecule is COCC(O)COC(CC=O)CC=O. The third-order valence-electron chi connectivity index (χ3n) is 1.60. The predicted molar refractivity (Wildman–Crippen MR) is 49.0 cm³/mol. The van der Waals surface area contributed by atoms with Crippen LogP contribution in [0.15, 0.2) is 0 Å². The zero-order chi connectivity index (χ0) is 10.8. The fourth-order valence-corrected chi connectivity index (χ4v) is 0.935. The van der Waals surface area contributed by atoms with Gasteiger partial charge in [0.15, 0.2) is 0 Å². The summed E-state index contributed by atoms with van der Waals surface area (Å²) in [7, 11) is 1.47. The number of hydrogen-bond acceptors (Lipinski definition) is 5. The first-order valence-corrected chi connectivity index (χ1v) is 4.40. The zero-order valence-corrected chi connectivity index (χ0v) is 8.22. The van der Waals surface area contributed by atoms with E-state index >= 15 is 0 Å². The number of carbonyl (C=O) groups excluding carboxylic acids is 2. The van der Waals surface area contributed by atoms with Crippen molar-refractivity contribution in [1.82, 2.24) is 0 Å². The maximum Gasteiger partial charge on any atom is 0.122 e. The van der Waals surface area contributed by atoms with Crippen molar-refractivity contribution >= 4 is 12.6 Å². The number of carbonyl (C=O) groups is 2. The number of rotatable bonds is 9. The molecule has 0 saturated heterocycles. The molecule has 0 radical (unpaired) electrons. The number of hydrogen-bond donors (Lipinski definition) is 1. The van der Waals surface area contributed by atoms with E-state index in [1.54, 1.807) is 0 Å². The van der Waals surface area contributed by atoms with Crippen molar-refractivity contribution in [3.8, 4) is 0 Å². The second kappa shape index (κ2) is 8.80. The first kappa shape index (κ1) is 13.2. The van der Waals surface area contributed by atoms with Crippen molar-refractivity contribution in [3.63, 3.8) is 0 Å². The fourth-order valence-electron chi connectivity index (χ4n) is 0.935. The van der Waals surface area contributed by atoms with Crippen LogP contribution in [0.2, 0.25) is 0 Å². The highest BCUT2D eigenvalue weighted by Crippen LogP contribution is 2.01. The minimum absolute atomic E-state index is 0.0696. The van der Waals surface area contributed by atoms with Crippen LogP contribution in [-0.4, -0.2) is 50.2 Å². The maximum atomic E-state index is 10.2. The van der Waals surface area contributed by atoms with Gasteiger partial charge in [0.05, 0.1) is 19.3 Å². The molecule has 0 amide bonds. The summed E-state index contributed by atoms with van der Waals surface area (Å²) < 4.78 is 9.83. The summed E-state index contributed by atoms with van der Waals surface area (Å²) in [6, 6.07) is 0. The molecule has 0 saturated carbocycles. The quantitative estimate of drug-likeness (QED) is 0.515. The molecule has 0 aromatic rings. The van der Waals surface area contributed by atoms with Crippen molar-refractivity contribution in [2.24, 2.45) is 0 Å². The van der Waals surface area contributed by atoms with Crippen LogP contribution in [0.3, 0.4) is 0 Å². The standard InChI is InChI=1S/C9H16O5/c1-13-6-8(12)7-14-9(2-4-10)3-5-11/h4-5,8-9,12H,2-3,6-7H2,1H3. The van der Waals surface area contributed by atoms with E-state index in [0.717, 1.165) is 0 Å². The Labute approximate surface area is 83.0 Å². The van der Waals surface area contributed by atoms with Gasteiger partial charge in [0.25, 0.3) is 0 Å². The highest BCUT2D eigenvalue weighted by molar-refractivity contribution is 5.54. The molecule has 5 nitrogen and oxygen atoms in total. The molecule has 1 atom stereocenters. The lowest BCUT2D eigenvalue weighted by Gasteiger charge is -2.15. The Morgan fingerprint density at radius 1 is 1.21 bits per heavy atom. The molecule has 0 heterocycles. The Kier molecular flexibility index (Phi) is 8.31. The van der Waals surface area contributed by atoms with Gasteiger partial charge in [-0.3, -0.25) is 0 Å². The monoisotopic (exact) mass is 204 g/mol. The highest BCUT2D eigenvalue weighted by atomic mass is 16.5. The van der Waals surface area contributed by atoms with Crippen LogP contribution in [0.25, 0.3) is 0 Å². The van der Waals surface area contributed by atoms with E-state index in [1.165, 1.54) is 7.11 Å². The fraction of sp³-hybridized carbons (Fsp3) is 0.778. The topological polar surface area (TPSA) is 72.8 Å². The molecule has 1 unspecified atom stereocenters. The summed E-state index contributed by atoms with van der Waals surface area (Å²) in [5, 5.41) is 9.21. The molecule has 0 aliphatic carbocycles. The van der Waals surface area contributed by atoms with Crippen molar-refractivity contribution in [1.29, 1.82) is 0 Å². The summed E-state index contributed by atoms with van der Waals surface area (Å²) in [5.41, 5.74) is 0. The lowest BCUT2D eigenvalue weighted by atomic mass is 10.2. The van der Waals surface area contributed by atoms with Crippen LogP contribution in [0.1, 0.15) is 12.8 Å². The maximum absolute atomic E-state index is 10.2. The second-order valence-electron chi connectivity index (χ2n) is 2.87. The normalized spacial score (nSPS) is 12.8. The van der Waals surface area contributed by atoms with Gasteiger partial charge in [-0.1, -0.05) is 0 Å². The second-order valence-corrected chi connectivity index (χ2v) is 2.87. The first-order chi connectivity index (χ1) is 6.74. The Morgan fingerprint density at radius 2 is 1.79 bits per heavy atom. The first-order valence-electron chi connectivity index (χ1n) is 4.40. The number of aldehydes is 2. The molecule has 14 heavy (non-hydrogen) atoms. The molecule has 0 rings (SSSR count). The van der Waals surface area contributed by atoms with Crippen LogP contribution in [0, 0.1) is 0 Å². The smallest absolute Gasteiger partial charge is 0.122 e. The van der Waals surface area contributed by atoms with Gasteiger partial charge in [-0.15, -0.1) is 0 Å². The molecule has 0 aromatic carbocycles. The zero-order valence-electron chi connectivity index (χ0n) is 8.22.